The van der Waals surface area contributed by atoms with Crippen molar-refractivity contribution in [2.24, 2.45) is 0 Å². The molecule has 2 amide bonds. The summed E-state index contributed by atoms with van der Waals surface area (Å²) in [6.07, 6.45) is -4.64. The Kier molecular flexibility index (Phi) is 8.22. The second-order valence-electron chi connectivity index (χ2n) is 6.91. The maximum Gasteiger partial charge on any atom is 0.445 e. The number of carbonyl (C=O) groups excluding carboxylic acids is 2. The molecule has 1 aromatic carbocycles. The van der Waals surface area contributed by atoms with Gasteiger partial charge in [-0.15, -0.1) is 20.4 Å². The number of carbonyl (C=O) groups is 2. The molecule has 182 valence electrons. The molecule has 10 nitrogen and oxygen atoms in total. The Balaban J connectivity index is 1.65. The van der Waals surface area contributed by atoms with Gasteiger partial charge in [0.1, 0.15) is 6.04 Å². The van der Waals surface area contributed by atoms with Gasteiger partial charge in [0.25, 0.3) is 5.91 Å². The zero-order valence-electron chi connectivity index (χ0n) is 18.0. The van der Waals surface area contributed by atoms with Crippen LogP contribution in [0.25, 0.3) is 0 Å². The molecule has 15 heteroatoms. The highest BCUT2D eigenvalue weighted by Gasteiger charge is 2.35. The number of rotatable bonds is 9. The molecule has 0 aliphatic carbocycles. The van der Waals surface area contributed by atoms with E-state index in [1.54, 1.807) is 29.7 Å². The van der Waals surface area contributed by atoms with Crippen LogP contribution in [0.3, 0.4) is 0 Å². The van der Waals surface area contributed by atoms with Gasteiger partial charge in [-0.2, -0.15) is 13.2 Å². The summed E-state index contributed by atoms with van der Waals surface area (Å²) in [6, 6.07) is 6.12. The highest BCUT2D eigenvalue weighted by atomic mass is 32.2. The third kappa shape index (κ3) is 6.30. The molecule has 0 aliphatic heterocycles. The first-order chi connectivity index (χ1) is 16.1. The first kappa shape index (κ1) is 25.6. The van der Waals surface area contributed by atoms with Crippen molar-refractivity contribution in [3.63, 3.8) is 0 Å². The SMILES string of the molecule is CCn1c(SCC(=O)Nc2nnc(C(F)(F)F)s2)nnc1C(CO)NC(=O)c1cccc(C)c1. The fraction of sp³-hybridized carbons (Fsp3) is 0.368. The third-order valence-electron chi connectivity index (χ3n) is 4.39. The number of hydrogen-bond donors (Lipinski definition) is 3. The lowest BCUT2D eigenvalue weighted by Crippen LogP contribution is -2.33. The summed E-state index contributed by atoms with van der Waals surface area (Å²) in [7, 11) is 0. The molecule has 0 fully saturated rings. The number of aromatic nitrogens is 5. The van der Waals surface area contributed by atoms with E-state index in [0.29, 0.717) is 23.1 Å². The molecule has 0 saturated carbocycles. The zero-order chi connectivity index (χ0) is 24.9. The molecule has 2 aromatic heterocycles. The number of nitrogens with zero attached hydrogens (tertiary/aromatic N) is 5. The summed E-state index contributed by atoms with van der Waals surface area (Å²) in [4.78, 5) is 24.7. The van der Waals surface area contributed by atoms with Crippen LogP contribution >= 0.6 is 23.1 Å². The Labute approximate surface area is 200 Å². The van der Waals surface area contributed by atoms with Gasteiger partial charge in [-0.1, -0.05) is 40.8 Å². The van der Waals surface area contributed by atoms with Crippen LogP contribution in [0.5, 0.6) is 0 Å². The highest BCUT2D eigenvalue weighted by molar-refractivity contribution is 7.99. The number of thioether (sulfide) groups is 1. The van der Waals surface area contributed by atoms with Crippen molar-refractivity contribution in [3.05, 3.63) is 46.2 Å². The predicted molar refractivity (Wildman–Crippen MR) is 118 cm³/mol. The molecular weight excluding hydrogens is 495 g/mol. The minimum absolute atomic E-state index is 0.182. The van der Waals surface area contributed by atoms with Gasteiger partial charge < -0.3 is 15.0 Å². The third-order valence-corrected chi connectivity index (χ3v) is 6.24. The number of amides is 2. The number of aryl methyl sites for hydroxylation is 1. The van der Waals surface area contributed by atoms with E-state index in [-0.39, 0.29) is 22.2 Å². The van der Waals surface area contributed by atoms with Gasteiger partial charge in [-0.05, 0) is 26.0 Å². The van der Waals surface area contributed by atoms with Crippen LogP contribution in [0.1, 0.15) is 39.7 Å². The smallest absolute Gasteiger partial charge is 0.394 e. The maximum absolute atomic E-state index is 12.6. The van der Waals surface area contributed by atoms with Crippen molar-refractivity contribution in [3.8, 4) is 0 Å². The summed E-state index contributed by atoms with van der Waals surface area (Å²) in [6.45, 7) is 3.61. The number of halogens is 3. The summed E-state index contributed by atoms with van der Waals surface area (Å²) >= 11 is 1.22. The lowest BCUT2D eigenvalue weighted by atomic mass is 10.1. The molecule has 34 heavy (non-hydrogen) atoms. The molecule has 2 heterocycles. The number of aliphatic hydroxyl groups excluding tert-OH is 1. The minimum atomic E-state index is -4.64. The molecule has 3 aromatic rings. The number of hydrogen-bond acceptors (Lipinski definition) is 9. The molecule has 0 saturated heterocycles. The topological polar surface area (TPSA) is 135 Å². The van der Waals surface area contributed by atoms with Gasteiger partial charge in [0.05, 0.1) is 12.4 Å². The van der Waals surface area contributed by atoms with E-state index in [2.05, 4.69) is 31.0 Å². The monoisotopic (exact) mass is 515 g/mol. The second-order valence-corrected chi connectivity index (χ2v) is 8.83. The summed E-state index contributed by atoms with van der Waals surface area (Å²) in [5, 5.41) is 28.1. The summed E-state index contributed by atoms with van der Waals surface area (Å²) < 4.78 is 39.5. The maximum atomic E-state index is 12.6. The van der Waals surface area contributed by atoms with E-state index in [1.165, 1.54) is 0 Å². The zero-order valence-corrected chi connectivity index (χ0v) is 19.6. The molecule has 3 rings (SSSR count). The van der Waals surface area contributed by atoms with Gasteiger partial charge in [-0.3, -0.25) is 14.9 Å². The molecule has 0 bridgehead atoms. The Morgan fingerprint density at radius 3 is 2.62 bits per heavy atom. The average Bonchev–Trinajstić information content (AvgIpc) is 3.42. The fourth-order valence-corrected chi connectivity index (χ4v) is 4.29. The second kappa shape index (κ2) is 10.9. The lowest BCUT2D eigenvalue weighted by Gasteiger charge is -2.17. The van der Waals surface area contributed by atoms with Gasteiger partial charge >= 0.3 is 6.18 Å². The van der Waals surface area contributed by atoms with Crippen LogP contribution in [0.2, 0.25) is 0 Å². The molecular formula is C19H20F3N7O3S2. The molecule has 1 atom stereocenters. The van der Waals surface area contributed by atoms with Crippen molar-refractivity contribution < 1.29 is 27.9 Å². The Hall–Kier alpha value is -3.04. The lowest BCUT2D eigenvalue weighted by molar-refractivity contribution is -0.138. The van der Waals surface area contributed by atoms with Gasteiger partial charge in [0, 0.05) is 12.1 Å². The first-order valence-electron chi connectivity index (χ1n) is 9.87. The van der Waals surface area contributed by atoms with Crippen molar-refractivity contribution in [1.29, 1.82) is 0 Å². The van der Waals surface area contributed by atoms with Crippen LogP contribution in [0.4, 0.5) is 18.3 Å². The van der Waals surface area contributed by atoms with E-state index in [1.807, 2.05) is 13.0 Å². The number of benzene rings is 1. The number of nitrogens with one attached hydrogen (secondary N) is 2. The van der Waals surface area contributed by atoms with Crippen LogP contribution in [-0.4, -0.2) is 54.2 Å². The van der Waals surface area contributed by atoms with E-state index in [0.717, 1.165) is 17.3 Å². The number of anilines is 1. The first-order valence-corrected chi connectivity index (χ1v) is 11.7. The van der Waals surface area contributed by atoms with E-state index in [9.17, 15) is 27.9 Å². The molecule has 0 spiro atoms. The van der Waals surface area contributed by atoms with E-state index in [4.69, 9.17) is 0 Å². The van der Waals surface area contributed by atoms with Gasteiger partial charge in [0.2, 0.25) is 16.0 Å². The van der Waals surface area contributed by atoms with Crippen LogP contribution < -0.4 is 10.6 Å². The van der Waals surface area contributed by atoms with Crippen molar-refractivity contribution in [2.45, 2.75) is 37.8 Å². The highest BCUT2D eigenvalue weighted by Crippen LogP contribution is 2.33. The fourth-order valence-electron chi connectivity index (χ4n) is 2.86. The van der Waals surface area contributed by atoms with Crippen molar-refractivity contribution >= 4 is 40.0 Å². The molecule has 1 unspecified atom stereocenters. The average molecular weight is 516 g/mol. The largest absolute Gasteiger partial charge is 0.445 e. The van der Waals surface area contributed by atoms with Crippen LogP contribution in [-0.2, 0) is 17.5 Å². The Morgan fingerprint density at radius 2 is 2.00 bits per heavy atom. The van der Waals surface area contributed by atoms with Crippen molar-refractivity contribution in [1.82, 2.24) is 30.3 Å². The molecule has 0 aliphatic rings. The minimum Gasteiger partial charge on any atom is -0.394 e. The van der Waals surface area contributed by atoms with Crippen LogP contribution in [0, 0.1) is 6.92 Å². The van der Waals surface area contributed by atoms with E-state index >= 15 is 0 Å². The van der Waals surface area contributed by atoms with E-state index < -0.39 is 35.6 Å². The number of alkyl halides is 3. The molecule has 0 radical (unpaired) electrons. The van der Waals surface area contributed by atoms with Gasteiger partial charge in [-0.25, -0.2) is 0 Å². The molecule has 3 N–H and O–H groups in total. The normalized spacial score (nSPS) is 12.4. The Bertz CT molecular complexity index is 1170. The van der Waals surface area contributed by atoms with Crippen molar-refractivity contribution in [2.75, 3.05) is 17.7 Å². The number of aliphatic hydroxyl groups is 1. The van der Waals surface area contributed by atoms with Crippen LogP contribution in [0.15, 0.2) is 29.4 Å². The standard InChI is InChI=1S/C19H20F3N7O3S2/c1-3-29-14(12(8-30)23-15(32)11-6-4-5-10(2)7-11)25-28-18(29)33-9-13(31)24-17-27-26-16(34-17)19(20,21)22/h4-7,12,30H,3,8-9H2,1-2H3,(H,23,32)(H,24,27,31). The summed E-state index contributed by atoms with van der Waals surface area (Å²) in [5.74, 6) is -0.878. The van der Waals surface area contributed by atoms with Gasteiger partial charge in [0.15, 0.2) is 11.0 Å². The Morgan fingerprint density at radius 1 is 1.24 bits per heavy atom. The predicted octanol–water partition coefficient (Wildman–Crippen LogP) is 2.67. The quantitative estimate of drug-likeness (QED) is 0.370. The summed E-state index contributed by atoms with van der Waals surface area (Å²) in [5.41, 5.74) is 1.34.